The van der Waals surface area contributed by atoms with Crippen LogP contribution in [0.4, 0.5) is 5.69 Å². The van der Waals surface area contributed by atoms with E-state index in [1.54, 1.807) is 29.1 Å². The second kappa shape index (κ2) is 5.10. The molecular formula is C12H13ClN4O. The van der Waals surface area contributed by atoms with E-state index in [0.29, 0.717) is 28.5 Å². The Balaban J connectivity index is 2.41. The first-order valence-corrected chi connectivity index (χ1v) is 5.88. The normalized spacial score (nSPS) is 10.3. The summed E-state index contributed by atoms with van der Waals surface area (Å²) in [4.78, 5) is 11.7. The summed E-state index contributed by atoms with van der Waals surface area (Å²) in [5, 5.41) is 7.31. The van der Waals surface area contributed by atoms with E-state index in [4.69, 9.17) is 17.3 Å². The number of hydrogen-bond donors (Lipinski definition) is 2. The highest BCUT2D eigenvalue weighted by Gasteiger charge is 2.09. The van der Waals surface area contributed by atoms with Gasteiger partial charge in [-0.15, -0.1) is 0 Å². The van der Waals surface area contributed by atoms with E-state index in [9.17, 15) is 4.79 Å². The Labute approximate surface area is 110 Å². The minimum absolute atomic E-state index is 0.142. The maximum atomic E-state index is 11.7. The molecule has 0 saturated carbocycles. The van der Waals surface area contributed by atoms with Crippen LogP contribution < -0.4 is 11.1 Å². The van der Waals surface area contributed by atoms with Crippen LogP contribution in [0.25, 0.3) is 5.69 Å². The van der Waals surface area contributed by atoms with Gasteiger partial charge in [-0.3, -0.25) is 4.79 Å². The van der Waals surface area contributed by atoms with Gasteiger partial charge < -0.3 is 11.1 Å². The number of carbonyl (C=O) groups excluding carboxylic acids is 1. The van der Waals surface area contributed by atoms with Gasteiger partial charge in [0.25, 0.3) is 5.91 Å². The highest BCUT2D eigenvalue weighted by atomic mass is 35.5. The smallest absolute Gasteiger partial charge is 0.251 e. The molecule has 3 N–H and O–H groups in total. The number of nitrogen functional groups attached to an aromatic ring is 1. The lowest BCUT2D eigenvalue weighted by atomic mass is 10.1. The van der Waals surface area contributed by atoms with Crippen molar-refractivity contribution >= 4 is 23.2 Å². The van der Waals surface area contributed by atoms with Crippen molar-refractivity contribution < 1.29 is 4.79 Å². The van der Waals surface area contributed by atoms with Gasteiger partial charge >= 0.3 is 0 Å². The summed E-state index contributed by atoms with van der Waals surface area (Å²) in [5.41, 5.74) is 7.56. The molecule has 2 aromatic rings. The lowest BCUT2D eigenvalue weighted by Crippen LogP contribution is -2.22. The van der Waals surface area contributed by atoms with Crippen LogP contribution >= 0.6 is 11.6 Å². The molecule has 1 aromatic heterocycles. The van der Waals surface area contributed by atoms with Gasteiger partial charge in [0.15, 0.2) is 0 Å². The fraction of sp³-hybridized carbons (Fsp3) is 0.167. The van der Waals surface area contributed by atoms with E-state index in [2.05, 4.69) is 10.4 Å². The van der Waals surface area contributed by atoms with Crippen LogP contribution in [0.2, 0.25) is 5.02 Å². The van der Waals surface area contributed by atoms with Crippen LogP contribution in [-0.4, -0.2) is 22.2 Å². The minimum atomic E-state index is -0.142. The number of amides is 1. The summed E-state index contributed by atoms with van der Waals surface area (Å²) in [7, 11) is 0. The molecule has 1 aromatic carbocycles. The monoisotopic (exact) mass is 264 g/mol. The molecule has 0 aliphatic heterocycles. The predicted octanol–water partition coefficient (Wildman–Crippen LogP) is 1.86. The third-order valence-corrected chi connectivity index (χ3v) is 2.62. The average Bonchev–Trinajstić information content (AvgIpc) is 2.76. The highest BCUT2D eigenvalue weighted by molar-refractivity contribution is 6.30. The fourth-order valence-electron chi connectivity index (χ4n) is 1.58. The molecule has 0 bridgehead atoms. The lowest BCUT2D eigenvalue weighted by Gasteiger charge is -2.08. The van der Waals surface area contributed by atoms with Crippen LogP contribution in [0.1, 0.15) is 17.3 Å². The van der Waals surface area contributed by atoms with Crippen molar-refractivity contribution in [3.8, 4) is 5.69 Å². The first-order chi connectivity index (χ1) is 8.61. The quantitative estimate of drug-likeness (QED) is 0.831. The summed E-state index contributed by atoms with van der Waals surface area (Å²) in [6, 6.07) is 5.04. The predicted molar refractivity (Wildman–Crippen MR) is 71.0 cm³/mol. The third-order valence-electron chi connectivity index (χ3n) is 2.43. The number of halogens is 1. The Morgan fingerprint density at radius 2 is 2.33 bits per heavy atom. The SMILES string of the molecule is CCNC(=O)c1ccc(N)c(-n2cc(Cl)cn2)c1. The summed E-state index contributed by atoms with van der Waals surface area (Å²) in [6.07, 6.45) is 3.15. The molecule has 5 nitrogen and oxygen atoms in total. The Morgan fingerprint density at radius 1 is 1.56 bits per heavy atom. The van der Waals surface area contributed by atoms with Crippen molar-refractivity contribution in [1.82, 2.24) is 15.1 Å². The second-order valence-corrected chi connectivity index (χ2v) is 4.17. The number of nitrogens with one attached hydrogen (secondary N) is 1. The summed E-state index contributed by atoms with van der Waals surface area (Å²) in [6.45, 7) is 2.44. The molecule has 0 spiro atoms. The van der Waals surface area contributed by atoms with E-state index >= 15 is 0 Å². The van der Waals surface area contributed by atoms with Gasteiger partial charge in [0, 0.05) is 18.3 Å². The molecule has 0 aliphatic carbocycles. The summed E-state index contributed by atoms with van der Waals surface area (Å²) < 4.78 is 1.54. The summed E-state index contributed by atoms with van der Waals surface area (Å²) in [5.74, 6) is -0.142. The van der Waals surface area contributed by atoms with Crippen molar-refractivity contribution in [2.75, 3.05) is 12.3 Å². The van der Waals surface area contributed by atoms with Gasteiger partial charge in [0.2, 0.25) is 0 Å². The topological polar surface area (TPSA) is 72.9 Å². The molecule has 1 amide bonds. The third kappa shape index (κ3) is 2.46. The van der Waals surface area contributed by atoms with Gasteiger partial charge in [-0.2, -0.15) is 5.10 Å². The van der Waals surface area contributed by atoms with E-state index in [1.165, 1.54) is 6.20 Å². The molecule has 0 saturated heterocycles. The van der Waals surface area contributed by atoms with E-state index in [-0.39, 0.29) is 5.91 Å². The van der Waals surface area contributed by atoms with E-state index < -0.39 is 0 Å². The van der Waals surface area contributed by atoms with Crippen molar-refractivity contribution in [3.63, 3.8) is 0 Å². The largest absolute Gasteiger partial charge is 0.397 e. The molecule has 0 fully saturated rings. The average molecular weight is 265 g/mol. The Hall–Kier alpha value is -2.01. The maximum absolute atomic E-state index is 11.7. The van der Waals surface area contributed by atoms with E-state index in [1.807, 2.05) is 6.92 Å². The van der Waals surface area contributed by atoms with Crippen molar-refractivity contribution in [2.24, 2.45) is 0 Å². The molecular weight excluding hydrogens is 252 g/mol. The lowest BCUT2D eigenvalue weighted by molar-refractivity contribution is 0.0956. The van der Waals surface area contributed by atoms with Crippen molar-refractivity contribution in [3.05, 3.63) is 41.2 Å². The molecule has 0 aliphatic rings. The maximum Gasteiger partial charge on any atom is 0.251 e. The second-order valence-electron chi connectivity index (χ2n) is 3.74. The number of benzene rings is 1. The number of hydrogen-bond acceptors (Lipinski definition) is 3. The van der Waals surface area contributed by atoms with Gasteiger partial charge in [-0.05, 0) is 25.1 Å². The van der Waals surface area contributed by atoms with Crippen LogP contribution in [0, 0.1) is 0 Å². The van der Waals surface area contributed by atoms with Crippen molar-refractivity contribution in [2.45, 2.75) is 6.92 Å². The van der Waals surface area contributed by atoms with Crippen LogP contribution in [0.3, 0.4) is 0 Å². The van der Waals surface area contributed by atoms with Gasteiger partial charge in [-0.1, -0.05) is 11.6 Å². The first-order valence-electron chi connectivity index (χ1n) is 5.50. The molecule has 0 unspecified atom stereocenters. The van der Waals surface area contributed by atoms with Crippen LogP contribution in [0.15, 0.2) is 30.6 Å². The zero-order valence-corrected chi connectivity index (χ0v) is 10.6. The zero-order valence-electron chi connectivity index (χ0n) is 9.85. The van der Waals surface area contributed by atoms with Crippen LogP contribution in [0.5, 0.6) is 0 Å². The highest BCUT2D eigenvalue weighted by Crippen LogP contribution is 2.20. The van der Waals surface area contributed by atoms with Gasteiger partial charge in [-0.25, -0.2) is 4.68 Å². The number of anilines is 1. The first kappa shape index (κ1) is 12.4. The molecule has 94 valence electrons. The fourth-order valence-corrected chi connectivity index (χ4v) is 1.71. The molecule has 0 atom stereocenters. The molecule has 2 rings (SSSR count). The Bertz CT molecular complexity index is 579. The number of rotatable bonds is 3. The van der Waals surface area contributed by atoms with Gasteiger partial charge in [0.05, 0.1) is 22.6 Å². The summed E-state index contributed by atoms with van der Waals surface area (Å²) >= 11 is 5.81. The zero-order chi connectivity index (χ0) is 13.1. The number of carbonyl (C=O) groups is 1. The molecule has 18 heavy (non-hydrogen) atoms. The van der Waals surface area contributed by atoms with Crippen LogP contribution in [-0.2, 0) is 0 Å². The molecule has 6 heteroatoms. The minimum Gasteiger partial charge on any atom is -0.397 e. The van der Waals surface area contributed by atoms with E-state index in [0.717, 1.165) is 0 Å². The molecule has 0 radical (unpaired) electrons. The van der Waals surface area contributed by atoms with Crippen molar-refractivity contribution in [1.29, 1.82) is 0 Å². The standard InChI is InChI=1S/C12H13ClN4O/c1-2-15-12(18)8-3-4-10(14)11(5-8)17-7-9(13)6-16-17/h3-7H,2,14H2,1H3,(H,15,18). The van der Waals surface area contributed by atoms with Gasteiger partial charge in [0.1, 0.15) is 0 Å². The number of nitrogens with zero attached hydrogens (tertiary/aromatic N) is 2. The number of nitrogens with two attached hydrogens (primary N) is 1. The number of aromatic nitrogens is 2. The molecule has 1 heterocycles. The Kier molecular flexibility index (Phi) is 3.53. The Morgan fingerprint density at radius 3 is 2.94 bits per heavy atom.